The molecule has 2 amide bonds. The van der Waals surface area contributed by atoms with Crippen molar-refractivity contribution in [2.24, 2.45) is 11.8 Å². The first-order chi connectivity index (χ1) is 18.0. The lowest BCUT2D eigenvalue weighted by Crippen LogP contribution is -2.41. The van der Waals surface area contributed by atoms with Crippen molar-refractivity contribution in [2.75, 3.05) is 51.2 Å². The Kier molecular flexibility index (Phi) is 8.48. The van der Waals surface area contributed by atoms with Crippen LogP contribution in [0.5, 0.6) is 0 Å². The molecule has 6 nitrogen and oxygen atoms in total. The van der Waals surface area contributed by atoms with Crippen LogP contribution in [0.1, 0.15) is 43.2 Å². The Morgan fingerprint density at radius 2 is 1.57 bits per heavy atom. The van der Waals surface area contributed by atoms with Crippen molar-refractivity contribution in [1.82, 2.24) is 14.7 Å². The van der Waals surface area contributed by atoms with Crippen LogP contribution in [0.4, 0.5) is 5.69 Å². The van der Waals surface area contributed by atoms with E-state index in [2.05, 4.69) is 46.0 Å². The van der Waals surface area contributed by atoms with Gasteiger partial charge in [-0.3, -0.25) is 14.5 Å². The van der Waals surface area contributed by atoms with Gasteiger partial charge in [-0.2, -0.15) is 0 Å². The van der Waals surface area contributed by atoms with Crippen molar-refractivity contribution in [3.8, 4) is 0 Å². The lowest BCUT2D eigenvalue weighted by Gasteiger charge is -2.32. The van der Waals surface area contributed by atoms with Crippen molar-refractivity contribution in [3.63, 3.8) is 0 Å². The fourth-order valence-corrected chi connectivity index (χ4v) is 5.86. The number of hydrogen-bond acceptors (Lipinski definition) is 4. The summed E-state index contributed by atoms with van der Waals surface area (Å²) in [6.45, 7) is 6.43. The molecule has 37 heavy (non-hydrogen) atoms. The third kappa shape index (κ3) is 6.73. The van der Waals surface area contributed by atoms with Gasteiger partial charge in [0.15, 0.2) is 0 Å². The molecule has 2 heterocycles. The van der Waals surface area contributed by atoms with E-state index >= 15 is 0 Å². The Morgan fingerprint density at radius 1 is 0.838 bits per heavy atom. The second-order valence-electron chi connectivity index (χ2n) is 11.0. The maximum Gasteiger partial charge on any atom is 0.230 e. The van der Waals surface area contributed by atoms with Crippen molar-refractivity contribution in [3.05, 3.63) is 64.7 Å². The van der Waals surface area contributed by atoms with E-state index in [1.165, 1.54) is 5.56 Å². The summed E-state index contributed by atoms with van der Waals surface area (Å²) in [5.41, 5.74) is 3.29. The third-order valence-corrected chi connectivity index (χ3v) is 8.22. The number of para-hydroxylation sites is 1. The summed E-state index contributed by atoms with van der Waals surface area (Å²) in [7, 11) is 2.09. The number of benzene rings is 2. The van der Waals surface area contributed by atoms with Gasteiger partial charge < -0.3 is 14.7 Å². The maximum absolute atomic E-state index is 13.7. The van der Waals surface area contributed by atoms with Crippen molar-refractivity contribution < 1.29 is 9.59 Å². The average molecular weight is 523 g/mol. The SMILES string of the molecule is CN1CCC(C(=O)N2CCCN(Cc3ccc(Cl)cc3)CCCN(C(=O)C3CC3)c3ccccc3C2)C1. The Labute approximate surface area is 226 Å². The van der Waals surface area contributed by atoms with Crippen molar-refractivity contribution in [1.29, 1.82) is 0 Å². The van der Waals surface area contributed by atoms with Gasteiger partial charge in [0.25, 0.3) is 0 Å². The predicted molar refractivity (Wildman–Crippen MR) is 149 cm³/mol. The molecule has 0 aromatic heterocycles. The topological polar surface area (TPSA) is 47.1 Å². The minimum Gasteiger partial charge on any atom is -0.338 e. The van der Waals surface area contributed by atoms with Crippen LogP contribution >= 0.6 is 11.6 Å². The molecule has 0 N–H and O–H groups in total. The summed E-state index contributed by atoms with van der Waals surface area (Å²) in [6, 6.07) is 16.3. The lowest BCUT2D eigenvalue weighted by molar-refractivity contribution is -0.135. The van der Waals surface area contributed by atoms with Crippen LogP contribution in [0.15, 0.2) is 48.5 Å². The van der Waals surface area contributed by atoms with Gasteiger partial charge in [0, 0.05) is 62.4 Å². The van der Waals surface area contributed by atoms with E-state index in [9.17, 15) is 9.59 Å². The molecule has 0 bridgehead atoms. The highest BCUT2D eigenvalue weighted by atomic mass is 35.5. The molecule has 1 atom stereocenters. The molecule has 3 aliphatic rings. The molecule has 1 saturated heterocycles. The van der Waals surface area contributed by atoms with Crippen LogP contribution in [-0.4, -0.2) is 72.8 Å². The monoisotopic (exact) mass is 522 g/mol. The first kappa shape index (κ1) is 26.2. The van der Waals surface area contributed by atoms with E-state index in [4.69, 9.17) is 11.6 Å². The van der Waals surface area contributed by atoms with Crippen LogP contribution < -0.4 is 4.90 Å². The molecule has 1 unspecified atom stereocenters. The number of nitrogens with zero attached hydrogens (tertiary/aromatic N) is 4. The van der Waals surface area contributed by atoms with Crippen LogP contribution in [-0.2, 0) is 22.7 Å². The van der Waals surface area contributed by atoms with E-state index in [1.54, 1.807) is 0 Å². The van der Waals surface area contributed by atoms with Crippen molar-refractivity contribution >= 4 is 29.1 Å². The van der Waals surface area contributed by atoms with Crippen LogP contribution in [0.2, 0.25) is 5.02 Å². The summed E-state index contributed by atoms with van der Waals surface area (Å²) in [6.07, 6.45) is 4.73. The summed E-state index contributed by atoms with van der Waals surface area (Å²) in [4.78, 5) is 35.9. The normalized spacial score (nSPS) is 22.3. The minimum absolute atomic E-state index is 0.0550. The van der Waals surface area contributed by atoms with Gasteiger partial charge in [-0.15, -0.1) is 0 Å². The summed E-state index contributed by atoms with van der Waals surface area (Å²) < 4.78 is 0. The highest BCUT2D eigenvalue weighted by Gasteiger charge is 2.35. The minimum atomic E-state index is 0.0550. The van der Waals surface area contributed by atoms with Gasteiger partial charge in [-0.1, -0.05) is 41.9 Å². The van der Waals surface area contributed by atoms with E-state index < -0.39 is 0 Å². The molecular formula is C30H39ClN4O2. The molecule has 0 spiro atoms. The fourth-order valence-electron chi connectivity index (χ4n) is 5.73. The maximum atomic E-state index is 13.7. The number of fused-ring (bicyclic) bond motifs is 1. The van der Waals surface area contributed by atoms with E-state index in [0.29, 0.717) is 13.1 Å². The molecule has 1 saturated carbocycles. The second kappa shape index (κ2) is 12.0. The first-order valence-electron chi connectivity index (χ1n) is 13.8. The summed E-state index contributed by atoms with van der Waals surface area (Å²) in [5.74, 6) is 0.696. The lowest BCUT2D eigenvalue weighted by atomic mass is 10.0. The molecule has 7 heteroatoms. The number of carbonyl (C=O) groups is 2. The number of carbonyl (C=O) groups excluding carboxylic acids is 2. The number of anilines is 1. The van der Waals surface area contributed by atoms with Gasteiger partial charge in [-0.05, 0) is 75.0 Å². The van der Waals surface area contributed by atoms with Gasteiger partial charge in [0.1, 0.15) is 0 Å². The van der Waals surface area contributed by atoms with Crippen LogP contribution in [0.25, 0.3) is 0 Å². The molecule has 198 valence electrons. The summed E-state index contributed by atoms with van der Waals surface area (Å²) in [5, 5.41) is 0.747. The number of amides is 2. The van der Waals surface area contributed by atoms with Crippen LogP contribution in [0, 0.1) is 11.8 Å². The van der Waals surface area contributed by atoms with E-state index in [0.717, 1.165) is 87.6 Å². The third-order valence-electron chi connectivity index (χ3n) is 7.97. The number of likely N-dealkylation sites (tertiary alicyclic amines) is 1. The van der Waals surface area contributed by atoms with Gasteiger partial charge in [-0.25, -0.2) is 0 Å². The van der Waals surface area contributed by atoms with Gasteiger partial charge >= 0.3 is 0 Å². The Balaban J connectivity index is 1.40. The Morgan fingerprint density at radius 3 is 2.27 bits per heavy atom. The Hall–Kier alpha value is -2.41. The van der Waals surface area contributed by atoms with E-state index in [1.807, 2.05) is 29.2 Å². The molecule has 0 radical (unpaired) electrons. The van der Waals surface area contributed by atoms with E-state index in [-0.39, 0.29) is 23.7 Å². The fraction of sp³-hybridized carbons (Fsp3) is 0.533. The summed E-state index contributed by atoms with van der Waals surface area (Å²) >= 11 is 6.11. The molecule has 1 aliphatic carbocycles. The highest BCUT2D eigenvalue weighted by Crippen LogP contribution is 2.34. The molecular weight excluding hydrogens is 484 g/mol. The zero-order valence-corrected chi connectivity index (χ0v) is 22.7. The molecule has 2 aromatic rings. The van der Waals surface area contributed by atoms with Crippen LogP contribution in [0.3, 0.4) is 0 Å². The molecule has 2 aliphatic heterocycles. The first-order valence-corrected chi connectivity index (χ1v) is 14.2. The highest BCUT2D eigenvalue weighted by molar-refractivity contribution is 6.30. The second-order valence-corrected chi connectivity index (χ2v) is 11.4. The molecule has 5 rings (SSSR count). The predicted octanol–water partition coefficient (Wildman–Crippen LogP) is 4.66. The van der Waals surface area contributed by atoms with Gasteiger partial charge in [0.05, 0.1) is 5.92 Å². The zero-order valence-electron chi connectivity index (χ0n) is 21.9. The standard InChI is InChI=1S/C30H39ClN4O2/c1-32-19-14-26(21-32)29(36)34-17-4-15-33(20-23-8-12-27(31)13-9-23)16-5-18-35(30(37)24-10-11-24)28-7-3-2-6-25(28)22-34/h2-3,6-9,12-13,24,26H,4-5,10-11,14-22H2,1H3. The number of hydrogen-bond donors (Lipinski definition) is 0. The molecule has 2 aromatic carbocycles. The zero-order chi connectivity index (χ0) is 25.8. The average Bonchev–Trinajstić information content (AvgIpc) is 3.66. The van der Waals surface area contributed by atoms with Crippen molar-refractivity contribution in [2.45, 2.75) is 45.2 Å². The number of rotatable bonds is 4. The van der Waals surface area contributed by atoms with Gasteiger partial charge in [0.2, 0.25) is 11.8 Å². The smallest absolute Gasteiger partial charge is 0.230 e. The number of halogens is 1. The molecule has 2 fully saturated rings. The Bertz CT molecular complexity index is 1090. The quantitative estimate of drug-likeness (QED) is 0.586. The largest absolute Gasteiger partial charge is 0.338 e.